The van der Waals surface area contributed by atoms with E-state index < -0.39 is 21.9 Å². The first-order valence-electron chi connectivity index (χ1n) is 4.47. The molecule has 0 aliphatic carbocycles. The lowest BCUT2D eigenvalue weighted by Gasteiger charge is -2.29. The van der Waals surface area contributed by atoms with Gasteiger partial charge in [-0.25, -0.2) is 0 Å². The van der Waals surface area contributed by atoms with Crippen LogP contribution in [0, 0.1) is 0 Å². The molecule has 2 atom stereocenters. The Labute approximate surface area is 85.8 Å². The molecule has 0 radical (unpaired) electrons. The molecule has 76 valence electrons. The topological polar surface area (TPSA) is 52.2 Å². The molecule has 0 fully saturated rings. The zero-order chi connectivity index (χ0) is 10.3. The van der Waals surface area contributed by atoms with E-state index in [0.29, 0.717) is 0 Å². The Morgan fingerprint density at radius 3 is 2.71 bits per heavy atom. The first-order chi connectivity index (χ1) is 6.52. The summed E-state index contributed by atoms with van der Waals surface area (Å²) in [5, 5.41) is 2.75. The van der Waals surface area contributed by atoms with Gasteiger partial charge in [-0.15, -0.1) is 0 Å². The summed E-state index contributed by atoms with van der Waals surface area (Å²) in [6.07, 6.45) is 0. The highest BCUT2D eigenvalue weighted by molar-refractivity contribution is 7.79. The molecular weight excluding hydrogens is 198 g/mol. The van der Waals surface area contributed by atoms with Crippen molar-refractivity contribution in [1.29, 1.82) is 0 Å². The zero-order valence-electron chi connectivity index (χ0n) is 8.11. The Balaban J connectivity index is 2.53. The number of nitrogens with one attached hydrogen (secondary N) is 1. The molecule has 2 rings (SSSR count). The normalized spacial score (nSPS) is 25.2. The van der Waals surface area contributed by atoms with Gasteiger partial charge in [0.15, 0.2) is 0 Å². The third-order valence-corrected chi connectivity index (χ3v) is 3.78. The van der Waals surface area contributed by atoms with Gasteiger partial charge in [0.1, 0.15) is 0 Å². The van der Waals surface area contributed by atoms with E-state index in [2.05, 4.69) is 5.32 Å². The number of hydrogen-bond donors (Lipinski definition) is 1. The van der Waals surface area contributed by atoms with Crippen molar-refractivity contribution in [3.63, 3.8) is 0 Å². The van der Waals surface area contributed by atoms with Crippen LogP contribution in [0.2, 0.25) is 0 Å². The molecule has 1 N–H and O–H groups in total. The molecular formula is C10H12NO2S-. The van der Waals surface area contributed by atoms with Crippen LogP contribution < -0.4 is 5.32 Å². The number of benzene rings is 1. The van der Waals surface area contributed by atoms with Crippen LogP contribution in [0.1, 0.15) is 24.7 Å². The first-order valence-corrected chi connectivity index (χ1v) is 5.61. The van der Waals surface area contributed by atoms with Crippen LogP contribution in [0.4, 0.5) is 5.69 Å². The maximum Gasteiger partial charge on any atom is 0.0709 e. The molecule has 1 heterocycles. The second-order valence-electron chi connectivity index (χ2n) is 4.07. The summed E-state index contributed by atoms with van der Waals surface area (Å²) in [4.78, 5) is 0. The third kappa shape index (κ3) is 1.35. The summed E-state index contributed by atoms with van der Waals surface area (Å²) in [5.41, 5.74) is 1.37. The maximum absolute atomic E-state index is 11.1. The SMILES string of the molecule is CC1(C)Nc2ccccc2C1S(=O)[O-]. The van der Waals surface area contributed by atoms with Gasteiger partial charge in [0.05, 0.1) is 5.25 Å². The van der Waals surface area contributed by atoms with Crippen LogP contribution in [0.5, 0.6) is 0 Å². The molecule has 0 spiro atoms. The number of hydrogen-bond acceptors (Lipinski definition) is 3. The van der Waals surface area contributed by atoms with Gasteiger partial charge in [-0.2, -0.15) is 0 Å². The maximum atomic E-state index is 11.1. The van der Waals surface area contributed by atoms with Crippen molar-refractivity contribution < 1.29 is 8.76 Å². The lowest BCUT2D eigenvalue weighted by Crippen LogP contribution is -2.34. The van der Waals surface area contributed by atoms with Crippen molar-refractivity contribution in [3.8, 4) is 0 Å². The van der Waals surface area contributed by atoms with Crippen LogP contribution in [0.3, 0.4) is 0 Å². The van der Waals surface area contributed by atoms with Gasteiger partial charge in [0.25, 0.3) is 0 Å². The second-order valence-corrected chi connectivity index (χ2v) is 5.07. The molecule has 0 amide bonds. The average Bonchev–Trinajstić information content (AvgIpc) is 2.33. The fourth-order valence-electron chi connectivity index (χ4n) is 1.99. The summed E-state index contributed by atoms with van der Waals surface area (Å²) in [6.45, 7) is 3.79. The van der Waals surface area contributed by atoms with Crippen molar-refractivity contribution >= 4 is 16.8 Å². The highest BCUT2D eigenvalue weighted by atomic mass is 32.2. The van der Waals surface area contributed by atoms with Crippen molar-refractivity contribution in [2.45, 2.75) is 24.6 Å². The molecule has 14 heavy (non-hydrogen) atoms. The first kappa shape index (κ1) is 9.68. The lowest BCUT2D eigenvalue weighted by molar-refractivity contribution is 0.486. The fourth-order valence-corrected chi connectivity index (χ4v) is 2.94. The Morgan fingerprint density at radius 2 is 2.07 bits per heavy atom. The van der Waals surface area contributed by atoms with E-state index in [9.17, 15) is 8.76 Å². The van der Waals surface area contributed by atoms with Crippen molar-refractivity contribution in [2.75, 3.05) is 5.32 Å². The van der Waals surface area contributed by atoms with Gasteiger partial charge in [-0.1, -0.05) is 18.2 Å². The van der Waals surface area contributed by atoms with Crippen LogP contribution in [0.25, 0.3) is 0 Å². The smallest absolute Gasteiger partial charge is 0.0709 e. The van der Waals surface area contributed by atoms with E-state index in [1.54, 1.807) is 0 Å². The van der Waals surface area contributed by atoms with Gasteiger partial charge >= 0.3 is 0 Å². The molecule has 1 aliphatic rings. The quantitative estimate of drug-likeness (QED) is 0.719. The summed E-state index contributed by atoms with van der Waals surface area (Å²) in [7, 11) is 0. The zero-order valence-corrected chi connectivity index (χ0v) is 8.93. The van der Waals surface area contributed by atoms with E-state index in [1.165, 1.54) is 0 Å². The molecule has 0 saturated heterocycles. The van der Waals surface area contributed by atoms with E-state index in [-0.39, 0.29) is 0 Å². The summed E-state index contributed by atoms with van der Waals surface area (Å²) in [5.74, 6) is 0. The molecule has 2 unspecified atom stereocenters. The largest absolute Gasteiger partial charge is 0.772 e. The summed E-state index contributed by atoms with van der Waals surface area (Å²) in [6, 6.07) is 7.53. The van der Waals surface area contributed by atoms with Crippen LogP contribution in [-0.4, -0.2) is 14.3 Å². The van der Waals surface area contributed by atoms with Gasteiger partial charge in [0.2, 0.25) is 0 Å². The lowest BCUT2D eigenvalue weighted by atomic mass is 10.00. The fraction of sp³-hybridized carbons (Fsp3) is 0.400. The number of rotatable bonds is 1. The summed E-state index contributed by atoms with van der Waals surface area (Å²) >= 11 is -2.08. The Bertz CT molecular complexity index is 389. The van der Waals surface area contributed by atoms with E-state index in [1.807, 2.05) is 38.1 Å². The molecule has 0 bridgehead atoms. The molecule has 0 saturated carbocycles. The van der Waals surface area contributed by atoms with Crippen molar-refractivity contribution in [1.82, 2.24) is 0 Å². The minimum atomic E-state index is -2.08. The molecule has 1 aromatic carbocycles. The predicted molar refractivity (Wildman–Crippen MR) is 55.8 cm³/mol. The highest BCUT2D eigenvalue weighted by Crippen LogP contribution is 2.43. The number of para-hydroxylation sites is 1. The Morgan fingerprint density at radius 1 is 1.43 bits per heavy atom. The van der Waals surface area contributed by atoms with Gasteiger partial charge in [-0.3, -0.25) is 4.21 Å². The third-order valence-electron chi connectivity index (χ3n) is 2.55. The Kier molecular flexibility index (Phi) is 2.12. The van der Waals surface area contributed by atoms with Gasteiger partial charge in [0, 0.05) is 11.2 Å². The molecule has 4 heteroatoms. The molecule has 3 nitrogen and oxygen atoms in total. The molecule has 1 aromatic rings. The monoisotopic (exact) mass is 210 g/mol. The van der Waals surface area contributed by atoms with E-state index in [4.69, 9.17) is 0 Å². The predicted octanol–water partition coefficient (Wildman–Crippen LogP) is 1.81. The summed E-state index contributed by atoms with van der Waals surface area (Å²) < 4.78 is 22.3. The van der Waals surface area contributed by atoms with E-state index >= 15 is 0 Å². The standard InChI is InChI=1S/C10H13NO2S/c1-10(2)9(14(12)13)7-5-3-4-6-8(7)11-10/h3-6,9,11H,1-2H3,(H,12,13)/p-1. The molecule has 0 aromatic heterocycles. The van der Waals surface area contributed by atoms with Crippen molar-refractivity contribution in [2.24, 2.45) is 0 Å². The van der Waals surface area contributed by atoms with Crippen LogP contribution in [-0.2, 0) is 11.1 Å². The van der Waals surface area contributed by atoms with Gasteiger partial charge < -0.3 is 9.87 Å². The molecule has 1 aliphatic heterocycles. The van der Waals surface area contributed by atoms with Crippen LogP contribution in [0.15, 0.2) is 24.3 Å². The van der Waals surface area contributed by atoms with Crippen molar-refractivity contribution in [3.05, 3.63) is 29.8 Å². The average molecular weight is 210 g/mol. The Hall–Kier alpha value is -0.870. The number of anilines is 1. The van der Waals surface area contributed by atoms with Crippen LogP contribution >= 0.6 is 0 Å². The highest BCUT2D eigenvalue weighted by Gasteiger charge is 2.39. The number of fused-ring (bicyclic) bond motifs is 1. The van der Waals surface area contributed by atoms with Gasteiger partial charge in [-0.05, 0) is 36.6 Å². The second kappa shape index (κ2) is 3.07. The van der Waals surface area contributed by atoms with E-state index in [0.717, 1.165) is 11.3 Å². The minimum absolute atomic E-state index is 0.420. The minimum Gasteiger partial charge on any atom is -0.772 e.